The molecule has 0 N–H and O–H groups in total. The smallest absolute Gasteiger partial charge is 0.338 e. The number of amides is 1. The Morgan fingerprint density at radius 2 is 1.59 bits per heavy atom. The first-order valence-corrected chi connectivity index (χ1v) is 12.8. The lowest BCUT2D eigenvalue weighted by molar-refractivity contribution is -0.138. The standard InChI is InChI=1S/C24H28FN3O5S/c1-18(23(29)27-11-2-3-12-27)33-24(30)19-5-4-6-22(17-19)34(31,32)28-15-13-26(14-16-28)21-9-7-20(25)8-10-21/h4-10,17-18H,2-3,11-16H2,1H3/t18-/m0/s1. The number of sulfonamides is 1. The summed E-state index contributed by atoms with van der Waals surface area (Å²) in [6.07, 6.45) is 0.931. The van der Waals surface area contributed by atoms with E-state index in [1.54, 1.807) is 17.0 Å². The molecule has 2 aromatic carbocycles. The third-order valence-corrected chi connectivity index (χ3v) is 8.08. The van der Waals surface area contributed by atoms with Gasteiger partial charge < -0.3 is 14.5 Å². The van der Waals surface area contributed by atoms with Gasteiger partial charge in [0.05, 0.1) is 10.5 Å². The average Bonchev–Trinajstić information content (AvgIpc) is 3.39. The number of hydrogen-bond donors (Lipinski definition) is 0. The van der Waals surface area contributed by atoms with E-state index in [0.29, 0.717) is 26.2 Å². The molecular weight excluding hydrogens is 461 g/mol. The summed E-state index contributed by atoms with van der Waals surface area (Å²) in [5.41, 5.74) is 0.910. The molecule has 0 aliphatic carbocycles. The van der Waals surface area contributed by atoms with Crippen LogP contribution in [0.4, 0.5) is 10.1 Å². The Morgan fingerprint density at radius 3 is 2.24 bits per heavy atom. The second kappa shape index (κ2) is 10.1. The van der Waals surface area contributed by atoms with Crippen LogP contribution < -0.4 is 4.90 Å². The Kier molecular flexibility index (Phi) is 7.18. The van der Waals surface area contributed by atoms with E-state index in [0.717, 1.165) is 18.5 Å². The Hall–Kier alpha value is -2.98. The van der Waals surface area contributed by atoms with Crippen molar-refractivity contribution in [2.24, 2.45) is 0 Å². The van der Waals surface area contributed by atoms with Crippen LogP contribution in [0.3, 0.4) is 0 Å². The van der Waals surface area contributed by atoms with Crippen molar-refractivity contribution < 1.29 is 27.1 Å². The van der Waals surface area contributed by atoms with Crippen LogP contribution in [-0.4, -0.2) is 74.9 Å². The molecule has 10 heteroatoms. The van der Waals surface area contributed by atoms with E-state index in [2.05, 4.69) is 0 Å². The molecule has 2 aromatic rings. The molecule has 0 saturated carbocycles. The van der Waals surface area contributed by atoms with Crippen LogP contribution in [0.1, 0.15) is 30.1 Å². The number of likely N-dealkylation sites (tertiary alicyclic amines) is 1. The lowest BCUT2D eigenvalue weighted by Gasteiger charge is -2.35. The highest BCUT2D eigenvalue weighted by atomic mass is 32.2. The SMILES string of the molecule is C[C@H](OC(=O)c1cccc(S(=O)(=O)N2CCN(c3ccc(F)cc3)CC2)c1)C(=O)N1CCCC1. The number of benzene rings is 2. The topological polar surface area (TPSA) is 87.2 Å². The minimum absolute atomic E-state index is 0.00398. The van der Waals surface area contributed by atoms with Crippen LogP contribution in [-0.2, 0) is 19.6 Å². The molecule has 0 bridgehead atoms. The number of carbonyl (C=O) groups excluding carboxylic acids is 2. The molecule has 2 heterocycles. The highest BCUT2D eigenvalue weighted by Crippen LogP contribution is 2.23. The fourth-order valence-corrected chi connectivity index (χ4v) is 5.71. The van der Waals surface area contributed by atoms with Gasteiger partial charge in [-0.15, -0.1) is 0 Å². The molecule has 0 aromatic heterocycles. The number of nitrogens with zero attached hydrogens (tertiary/aromatic N) is 3. The number of esters is 1. The molecule has 34 heavy (non-hydrogen) atoms. The summed E-state index contributed by atoms with van der Waals surface area (Å²) in [4.78, 5) is 28.7. The molecular formula is C24H28FN3O5S. The zero-order valence-electron chi connectivity index (χ0n) is 19.0. The first-order chi connectivity index (χ1) is 16.3. The first-order valence-electron chi connectivity index (χ1n) is 11.4. The van der Waals surface area contributed by atoms with E-state index < -0.39 is 22.1 Å². The van der Waals surface area contributed by atoms with Crippen molar-refractivity contribution in [3.05, 3.63) is 59.9 Å². The lowest BCUT2D eigenvalue weighted by atomic mass is 10.2. The summed E-state index contributed by atoms with van der Waals surface area (Å²) < 4.78 is 46.3. The molecule has 0 unspecified atom stereocenters. The summed E-state index contributed by atoms with van der Waals surface area (Å²) in [6, 6.07) is 11.8. The zero-order chi connectivity index (χ0) is 24.3. The van der Waals surface area contributed by atoms with Crippen LogP contribution in [0.15, 0.2) is 53.4 Å². The average molecular weight is 490 g/mol. The predicted octanol–water partition coefficient (Wildman–Crippen LogP) is 2.50. The normalized spacial score (nSPS) is 18.1. The van der Waals surface area contributed by atoms with Crippen LogP contribution in [0.25, 0.3) is 0 Å². The van der Waals surface area contributed by atoms with E-state index in [1.807, 2.05) is 4.90 Å². The number of hydrogen-bond acceptors (Lipinski definition) is 6. The predicted molar refractivity (Wildman–Crippen MR) is 125 cm³/mol. The zero-order valence-corrected chi connectivity index (χ0v) is 19.8. The van der Waals surface area contributed by atoms with Gasteiger partial charge in [-0.25, -0.2) is 17.6 Å². The monoisotopic (exact) mass is 489 g/mol. The summed E-state index contributed by atoms with van der Waals surface area (Å²) in [5.74, 6) is -1.30. The number of halogens is 1. The summed E-state index contributed by atoms with van der Waals surface area (Å²) >= 11 is 0. The summed E-state index contributed by atoms with van der Waals surface area (Å²) in [5, 5.41) is 0. The maximum absolute atomic E-state index is 13.2. The second-order valence-electron chi connectivity index (χ2n) is 8.48. The van der Waals surface area contributed by atoms with E-state index in [1.165, 1.54) is 47.6 Å². The summed E-state index contributed by atoms with van der Waals surface area (Å²) in [6.45, 7) is 4.28. The van der Waals surface area contributed by atoms with Crippen molar-refractivity contribution >= 4 is 27.6 Å². The molecule has 2 aliphatic heterocycles. The minimum atomic E-state index is -3.82. The van der Waals surface area contributed by atoms with Crippen LogP contribution >= 0.6 is 0 Å². The van der Waals surface area contributed by atoms with Crippen LogP contribution in [0, 0.1) is 5.82 Å². The van der Waals surface area contributed by atoms with Gasteiger partial charge in [0, 0.05) is 45.0 Å². The van der Waals surface area contributed by atoms with Crippen molar-refractivity contribution in [1.29, 1.82) is 0 Å². The molecule has 2 aliphatic rings. The third kappa shape index (κ3) is 5.23. The van der Waals surface area contributed by atoms with E-state index in [9.17, 15) is 22.4 Å². The third-order valence-electron chi connectivity index (χ3n) is 6.19. The maximum atomic E-state index is 13.2. The fourth-order valence-electron chi connectivity index (χ4n) is 4.24. The van der Waals surface area contributed by atoms with Gasteiger partial charge in [-0.3, -0.25) is 4.79 Å². The van der Waals surface area contributed by atoms with Gasteiger partial charge in [0.2, 0.25) is 10.0 Å². The Labute approximate surface area is 198 Å². The second-order valence-corrected chi connectivity index (χ2v) is 10.4. The van der Waals surface area contributed by atoms with Gasteiger partial charge in [0.25, 0.3) is 5.91 Å². The molecule has 1 atom stereocenters. The molecule has 182 valence electrons. The Morgan fingerprint density at radius 1 is 0.941 bits per heavy atom. The molecule has 4 rings (SSSR count). The molecule has 0 radical (unpaired) electrons. The van der Waals surface area contributed by atoms with Crippen molar-refractivity contribution in [2.45, 2.75) is 30.8 Å². The first kappa shape index (κ1) is 24.2. The summed E-state index contributed by atoms with van der Waals surface area (Å²) in [7, 11) is -3.82. The molecule has 2 fully saturated rings. The Bertz CT molecular complexity index is 1140. The highest BCUT2D eigenvalue weighted by Gasteiger charge is 2.30. The largest absolute Gasteiger partial charge is 0.449 e. The maximum Gasteiger partial charge on any atom is 0.338 e. The quantitative estimate of drug-likeness (QED) is 0.580. The number of piperazine rings is 1. The van der Waals surface area contributed by atoms with Crippen molar-refractivity contribution in [3.63, 3.8) is 0 Å². The lowest BCUT2D eigenvalue weighted by Crippen LogP contribution is -2.48. The van der Waals surface area contributed by atoms with Crippen LogP contribution in [0.5, 0.6) is 0 Å². The number of ether oxygens (including phenoxy) is 1. The molecule has 1 amide bonds. The van der Waals surface area contributed by atoms with E-state index in [-0.39, 0.29) is 35.3 Å². The van der Waals surface area contributed by atoms with Gasteiger partial charge >= 0.3 is 5.97 Å². The van der Waals surface area contributed by atoms with E-state index in [4.69, 9.17) is 4.74 Å². The highest BCUT2D eigenvalue weighted by molar-refractivity contribution is 7.89. The van der Waals surface area contributed by atoms with Crippen molar-refractivity contribution in [2.75, 3.05) is 44.2 Å². The number of anilines is 1. The van der Waals surface area contributed by atoms with Crippen LogP contribution in [0.2, 0.25) is 0 Å². The van der Waals surface area contributed by atoms with Gasteiger partial charge in [-0.05, 0) is 62.2 Å². The van der Waals surface area contributed by atoms with Gasteiger partial charge in [-0.2, -0.15) is 4.31 Å². The number of rotatable bonds is 6. The van der Waals surface area contributed by atoms with Crippen molar-refractivity contribution in [1.82, 2.24) is 9.21 Å². The fraction of sp³-hybridized carbons (Fsp3) is 0.417. The van der Waals surface area contributed by atoms with Gasteiger partial charge in [0.1, 0.15) is 5.82 Å². The minimum Gasteiger partial charge on any atom is -0.449 e. The molecule has 0 spiro atoms. The van der Waals surface area contributed by atoms with Crippen molar-refractivity contribution in [3.8, 4) is 0 Å². The number of carbonyl (C=O) groups is 2. The van der Waals surface area contributed by atoms with Gasteiger partial charge in [-0.1, -0.05) is 6.07 Å². The molecule has 2 saturated heterocycles. The van der Waals surface area contributed by atoms with Gasteiger partial charge in [0.15, 0.2) is 6.10 Å². The van der Waals surface area contributed by atoms with E-state index >= 15 is 0 Å². The Balaban J connectivity index is 1.40. The molecule has 8 nitrogen and oxygen atoms in total.